The largest absolute Gasteiger partial charge is 0.459 e. The highest BCUT2D eigenvalue weighted by Crippen LogP contribution is 2.16. The fourth-order valence-corrected chi connectivity index (χ4v) is 4.39. The van der Waals surface area contributed by atoms with Gasteiger partial charge in [-0.3, -0.25) is 28.9 Å². The highest BCUT2D eigenvalue weighted by atomic mass is 16.3. The Hall–Kier alpha value is -4.19. The standard InChI is InChI=1S/C25H30N6O6/c1-17(32)27-18-4-6-19(7-5-18)28-22(33)15-20-24(35)26-8-9-31(20)23(34)16-29-10-12-30(13-11-29)25(36)21-3-2-14-37-21/h2-7,14,20H,8-13,15-16H2,1H3,(H,26,35)(H,27,32)(H,28,33). The molecule has 12 nitrogen and oxygen atoms in total. The average molecular weight is 511 g/mol. The van der Waals surface area contributed by atoms with Crippen molar-refractivity contribution in [1.82, 2.24) is 20.0 Å². The molecular weight excluding hydrogens is 480 g/mol. The van der Waals surface area contributed by atoms with Gasteiger partial charge in [0.2, 0.25) is 23.6 Å². The van der Waals surface area contributed by atoms with Crippen molar-refractivity contribution >= 4 is 40.9 Å². The van der Waals surface area contributed by atoms with Gasteiger partial charge in [-0.15, -0.1) is 0 Å². The van der Waals surface area contributed by atoms with Crippen molar-refractivity contribution in [3.63, 3.8) is 0 Å². The number of piperazine rings is 2. The lowest BCUT2D eigenvalue weighted by Gasteiger charge is -2.38. The average Bonchev–Trinajstić information content (AvgIpc) is 3.41. The predicted molar refractivity (Wildman–Crippen MR) is 134 cm³/mol. The smallest absolute Gasteiger partial charge is 0.289 e. The summed E-state index contributed by atoms with van der Waals surface area (Å²) in [5.74, 6) is -1.11. The summed E-state index contributed by atoms with van der Waals surface area (Å²) in [5.41, 5.74) is 1.11. The van der Waals surface area contributed by atoms with Gasteiger partial charge in [0.15, 0.2) is 5.76 Å². The second-order valence-corrected chi connectivity index (χ2v) is 8.95. The van der Waals surface area contributed by atoms with Crippen LogP contribution >= 0.6 is 0 Å². The molecule has 0 spiro atoms. The number of amides is 5. The van der Waals surface area contributed by atoms with Crippen LogP contribution in [0.3, 0.4) is 0 Å². The van der Waals surface area contributed by atoms with E-state index in [2.05, 4.69) is 16.0 Å². The molecule has 2 aromatic rings. The van der Waals surface area contributed by atoms with Gasteiger partial charge in [0.05, 0.1) is 19.2 Å². The molecule has 2 fully saturated rings. The second-order valence-electron chi connectivity index (χ2n) is 8.95. The Kier molecular flexibility index (Phi) is 8.18. The van der Waals surface area contributed by atoms with Crippen LogP contribution in [-0.2, 0) is 19.2 Å². The molecule has 1 atom stereocenters. The molecule has 3 N–H and O–H groups in total. The molecule has 0 aliphatic carbocycles. The molecule has 2 aliphatic rings. The number of anilines is 2. The number of carbonyl (C=O) groups is 5. The Labute approximate surface area is 213 Å². The Bertz CT molecular complexity index is 1140. The highest BCUT2D eigenvalue weighted by Gasteiger charge is 2.35. The minimum Gasteiger partial charge on any atom is -0.459 e. The molecule has 3 heterocycles. The van der Waals surface area contributed by atoms with Gasteiger partial charge >= 0.3 is 0 Å². The Morgan fingerprint density at radius 1 is 0.973 bits per heavy atom. The number of nitrogens with one attached hydrogen (secondary N) is 3. The van der Waals surface area contributed by atoms with Crippen molar-refractivity contribution in [2.24, 2.45) is 0 Å². The molecule has 196 valence electrons. The van der Waals surface area contributed by atoms with Crippen molar-refractivity contribution < 1.29 is 28.4 Å². The topological polar surface area (TPSA) is 144 Å². The number of carbonyl (C=O) groups excluding carboxylic acids is 5. The van der Waals surface area contributed by atoms with Gasteiger partial charge in [-0.1, -0.05) is 0 Å². The van der Waals surface area contributed by atoms with Crippen LogP contribution in [0.25, 0.3) is 0 Å². The maximum Gasteiger partial charge on any atom is 0.289 e. The van der Waals surface area contributed by atoms with Crippen molar-refractivity contribution in [2.75, 3.05) is 56.4 Å². The maximum absolute atomic E-state index is 13.1. The lowest BCUT2D eigenvalue weighted by molar-refractivity contribution is -0.145. The fourth-order valence-electron chi connectivity index (χ4n) is 4.39. The summed E-state index contributed by atoms with van der Waals surface area (Å²) in [5, 5.41) is 8.11. The summed E-state index contributed by atoms with van der Waals surface area (Å²) >= 11 is 0. The molecule has 1 aromatic heterocycles. The quantitative estimate of drug-likeness (QED) is 0.488. The van der Waals surface area contributed by atoms with Crippen LogP contribution in [0, 0.1) is 0 Å². The molecule has 37 heavy (non-hydrogen) atoms. The number of benzene rings is 1. The van der Waals surface area contributed by atoms with Gasteiger partial charge in [0.1, 0.15) is 6.04 Å². The monoisotopic (exact) mass is 510 g/mol. The molecule has 4 rings (SSSR count). The predicted octanol–water partition coefficient (Wildman–Crippen LogP) is 0.352. The van der Waals surface area contributed by atoms with Gasteiger partial charge < -0.3 is 30.2 Å². The van der Waals surface area contributed by atoms with Gasteiger partial charge in [0.25, 0.3) is 5.91 Å². The molecule has 12 heteroatoms. The molecular formula is C25H30N6O6. The van der Waals surface area contributed by atoms with Gasteiger partial charge in [-0.2, -0.15) is 0 Å². The zero-order valence-corrected chi connectivity index (χ0v) is 20.6. The van der Waals surface area contributed by atoms with E-state index in [4.69, 9.17) is 4.42 Å². The number of nitrogens with zero attached hydrogens (tertiary/aromatic N) is 3. The van der Waals surface area contributed by atoms with E-state index in [1.807, 2.05) is 4.90 Å². The first-order valence-corrected chi connectivity index (χ1v) is 12.1. The van der Waals surface area contributed by atoms with E-state index in [-0.39, 0.29) is 42.4 Å². The van der Waals surface area contributed by atoms with Crippen LogP contribution in [-0.4, -0.2) is 96.1 Å². The first kappa shape index (κ1) is 25.9. The molecule has 0 radical (unpaired) electrons. The highest BCUT2D eigenvalue weighted by molar-refractivity contribution is 5.98. The van der Waals surface area contributed by atoms with E-state index in [9.17, 15) is 24.0 Å². The first-order chi connectivity index (χ1) is 17.8. The Morgan fingerprint density at radius 2 is 1.65 bits per heavy atom. The number of furan rings is 1. The summed E-state index contributed by atoms with van der Waals surface area (Å²) in [6.07, 6.45) is 1.27. The zero-order valence-electron chi connectivity index (χ0n) is 20.6. The molecule has 2 saturated heterocycles. The van der Waals surface area contributed by atoms with Crippen molar-refractivity contribution in [2.45, 2.75) is 19.4 Å². The van der Waals surface area contributed by atoms with Crippen molar-refractivity contribution in [1.29, 1.82) is 0 Å². The van der Waals surface area contributed by atoms with E-state index in [1.54, 1.807) is 41.3 Å². The first-order valence-electron chi connectivity index (χ1n) is 12.1. The minimum absolute atomic E-state index is 0.0960. The van der Waals surface area contributed by atoms with E-state index >= 15 is 0 Å². The summed E-state index contributed by atoms with van der Waals surface area (Å²) in [7, 11) is 0. The van der Waals surface area contributed by atoms with Gasteiger partial charge in [-0.05, 0) is 36.4 Å². The summed E-state index contributed by atoms with van der Waals surface area (Å²) < 4.78 is 5.18. The van der Waals surface area contributed by atoms with Crippen LogP contribution in [0.2, 0.25) is 0 Å². The van der Waals surface area contributed by atoms with E-state index in [0.29, 0.717) is 50.6 Å². The van der Waals surface area contributed by atoms with Crippen LogP contribution < -0.4 is 16.0 Å². The third-order valence-corrected chi connectivity index (χ3v) is 6.27. The fraction of sp³-hybridized carbons (Fsp3) is 0.400. The van der Waals surface area contributed by atoms with Crippen molar-refractivity contribution in [3.8, 4) is 0 Å². The van der Waals surface area contributed by atoms with Crippen LogP contribution in [0.1, 0.15) is 23.9 Å². The molecule has 0 bridgehead atoms. The third kappa shape index (κ3) is 6.73. The third-order valence-electron chi connectivity index (χ3n) is 6.27. The maximum atomic E-state index is 13.1. The lowest BCUT2D eigenvalue weighted by Crippen LogP contribution is -2.60. The SMILES string of the molecule is CC(=O)Nc1ccc(NC(=O)CC2C(=O)NCCN2C(=O)CN2CCN(C(=O)c3ccco3)CC2)cc1. The normalized spacial score (nSPS) is 18.2. The lowest BCUT2D eigenvalue weighted by atomic mass is 10.1. The number of rotatable bonds is 7. The minimum atomic E-state index is -0.915. The Balaban J connectivity index is 1.30. The van der Waals surface area contributed by atoms with E-state index in [1.165, 1.54) is 18.1 Å². The molecule has 0 saturated carbocycles. The molecule has 1 aromatic carbocycles. The summed E-state index contributed by atoms with van der Waals surface area (Å²) in [6.45, 7) is 4.07. The van der Waals surface area contributed by atoms with Crippen LogP contribution in [0.15, 0.2) is 47.1 Å². The Morgan fingerprint density at radius 3 is 2.27 bits per heavy atom. The molecule has 5 amide bonds. The second kappa shape index (κ2) is 11.7. The summed E-state index contributed by atoms with van der Waals surface area (Å²) in [6, 6.07) is 8.96. The van der Waals surface area contributed by atoms with Crippen LogP contribution in [0.5, 0.6) is 0 Å². The number of hydrogen-bond donors (Lipinski definition) is 3. The van der Waals surface area contributed by atoms with Crippen molar-refractivity contribution in [3.05, 3.63) is 48.4 Å². The molecule has 2 aliphatic heterocycles. The zero-order chi connectivity index (χ0) is 26.4. The molecule has 1 unspecified atom stereocenters. The van der Waals surface area contributed by atoms with Gasteiger partial charge in [0, 0.05) is 57.6 Å². The number of hydrogen-bond acceptors (Lipinski definition) is 7. The van der Waals surface area contributed by atoms with E-state index < -0.39 is 11.9 Å². The summed E-state index contributed by atoms with van der Waals surface area (Å²) in [4.78, 5) is 67.1. The van der Waals surface area contributed by atoms with E-state index in [0.717, 1.165) is 0 Å². The van der Waals surface area contributed by atoms with Crippen LogP contribution in [0.4, 0.5) is 11.4 Å². The van der Waals surface area contributed by atoms with Gasteiger partial charge in [-0.25, -0.2) is 0 Å².